The van der Waals surface area contributed by atoms with Crippen molar-refractivity contribution in [2.24, 2.45) is 0 Å². The first kappa shape index (κ1) is 11.3. The molecular formula is C13H10FNO2. The minimum Gasteiger partial charge on any atom is -0.457 e. The third-order valence-electron chi connectivity index (χ3n) is 2.17. The molecule has 0 radical (unpaired) electrons. The Bertz CT molecular complexity index is 514. The topological polar surface area (TPSA) is 39.2 Å². The molecule has 86 valence electrons. The number of hydrogen-bond acceptors (Lipinski definition) is 3. The fourth-order valence-corrected chi connectivity index (χ4v) is 1.34. The fraction of sp³-hybridized carbons (Fsp3) is 0.0769. The molecule has 0 aliphatic carbocycles. The van der Waals surface area contributed by atoms with E-state index in [1.165, 1.54) is 12.3 Å². The van der Waals surface area contributed by atoms with Crippen LogP contribution in [0.1, 0.15) is 15.9 Å². The van der Waals surface area contributed by atoms with Crippen molar-refractivity contribution in [3.63, 3.8) is 0 Å². The van der Waals surface area contributed by atoms with Crippen molar-refractivity contribution in [3.05, 3.63) is 65.7 Å². The molecule has 1 heterocycles. The SMILES string of the molecule is O=C(OCc1ccnc(F)c1)c1ccccc1. The summed E-state index contributed by atoms with van der Waals surface area (Å²) in [6.07, 6.45) is 1.33. The number of aromatic nitrogens is 1. The minimum atomic E-state index is -0.585. The van der Waals surface area contributed by atoms with E-state index < -0.39 is 11.9 Å². The molecule has 0 aliphatic heterocycles. The van der Waals surface area contributed by atoms with Crippen molar-refractivity contribution in [2.45, 2.75) is 6.61 Å². The van der Waals surface area contributed by atoms with Gasteiger partial charge in [0, 0.05) is 6.20 Å². The summed E-state index contributed by atoms with van der Waals surface area (Å²) in [5, 5.41) is 0. The summed E-state index contributed by atoms with van der Waals surface area (Å²) in [6, 6.07) is 11.5. The maximum atomic E-state index is 12.8. The normalized spacial score (nSPS) is 9.94. The van der Waals surface area contributed by atoms with Gasteiger partial charge in [0.15, 0.2) is 0 Å². The summed E-state index contributed by atoms with van der Waals surface area (Å²) in [6.45, 7) is 0.0349. The van der Waals surface area contributed by atoms with E-state index in [1.807, 2.05) is 6.07 Å². The highest BCUT2D eigenvalue weighted by Crippen LogP contribution is 2.06. The van der Waals surface area contributed by atoms with Gasteiger partial charge >= 0.3 is 5.97 Å². The molecule has 0 atom stereocenters. The van der Waals surface area contributed by atoms with Crippen LogP contribution >= 0.6 is 0 Å². The van der Waals surface area contributed by atoms with E-state index in [2.05, 4.69) is 4.98 Å². The predicted octanol–water partition coefficient (Wildman–Crippen LogP) is 2.58. The third kappa shape index (κ3) is 3.11. The molecule has 4 heteroatoms. The number of nitrogens with zero attached hydrogens (tertiary/aromatic N) is 1. The summed E-state index contributed by atoms with van der Waals surface area (Å²) in [5.41, 5.74) is 1.05. The average molecular weight is 231 g/mol. The van der Waals surface area contributed by atoms with Crippen LogP contribution < -0.4 is 0 Å². The van der Waals surface area contributed by atoms with Gasteiger partial charge in [0.2, 0.25) is 5.95 Å². The molecule has 0 spiro atoms. The molecule has 0 aliphatic rings. The monoisotopic (exact) mass is 231 g/mol. The number of hydrogen-bond donors (Lipinski definition) is 0. The molecule has 2 rings (SSSR count). The van der Waals surface area contributed by atoms with Crippen LogP contribution in [-0.2, 0) is 11.3 Å². The van der Waals surface area contributed by atoms with Crippen molar-refractivity contribution >= 4 is 5.97 Å². The molecule has 2 aromatic rings. The van der Waals surface area contributed by atoms with E-state index in [0.717, 1.165) is 0 Å². The van der Waals surface area contributed by atoms with E-state index >= 15 is 0 Å². The van der Waals surface area contributed by atoms with Gasteiger partial charge in [0.1, 0.15) is 6.61 Å². The summed E-state index contributed by atoms with van der Waals surface area (Å²) in [5.74, 6) is -1.01. The zero-order valence-corrected chi connectivity index (χ0v) is 8.97. The van der Waals surface area contributed by atoms with Crippen molar-refractivity contribution in [1.82, 2.24) is 4.98 Å². The lowest BCUT2D eigenvalue weighted by Gasteiger charge is -2.04. The molecule has 1 aromatic carbocycles. The van der Waals surface area contributed by atoms with Gasteiger partial charge in [-0.25, -0.2) is 9.78 Å². The zero-order chi connectivity index (χ0) is 12.1. The van der Waals surface area contributed by atoms with Crippen LogP contribution in [0.25, 0.3) is 0 Å². The van der Waals surface area contributed by atoms with Gasteiger partial charge < -0.3 is 4.74 Å². The van der Waals surface area contributed by atoms with Gasteiger partial charge in [-0.15, -0.1) is 0 Å². The molecule has 0 saturated carbocycles. The van der Waals surface area contributed by atoms with Crippen LogP contribution in [0, 0.1) is 5.95 Å². The third-order valence-corrected chi connectivity index (χ3v) is 2.17. The van der Waals surface area contributed by atoms with Crippen molar-refractivity contribution in [1.29, 1.82) is 0 Å². The molecule has 0 fully saturated rings. The quantitative estimate of drug-likeness (QED) is 0.602. The first-order valence-corrected chi connectivity index (χ1v) is 5.08. The minimum absolute atomic E-state index is 0.0349. The molecule has 0 amide bonds. The Morgan fingerprint density at radius 2 is 2.00 bits per heavy atom. The first-order chi connectivity index (χ1) is 8.25. The Kier molecular flexibility index (Phi) is 3.45. The van der Waals surface area contributed by atoms with Crippen molar-refractivity contribution < 1.29 is 13.9 Å². The number of esters is 1. The summed E-state index contributed by atoms with van der Waals surface area (Å²) in [4.78, 5) is 15.0. The number of benzene rings is 1. The van der Waals surface area contributed by atoms with Crippen LogP contribution in [0.3, 0.4) is 0 Å². The molecule has 3 nitrogen and oxygen atoms in total. The van der Waals surface area contributed by atoms with Crippen LogP contribution in [0.5, 0.6) is 0 Å². The molecule has 0 bridgehead atoms. The van der Waals surface area contributed by atoms with E-state index in [0.29, 0.717) is 11.1 Å². The number of carbonyl (C=O) groups excluding carboxylic acids is 1. The van der Waals surface area contributed by atoms with Crippen molar-refractivity contribution in [3.8, 4) is 0 Å². The average Bonchev–Trinajstić information content (AvgIpc) is 2.37. The van der Waals surface area contributed by atoms with E-state index in [1.54, 1.807) is 30.3 Å². The Hall–Kier alpha value is -2.23. The Morgan fingerprint density at radius 3 is 2.71 bits per heavy atom. The summed E-state index contributed by atoms with van der Waals surface area (Å²) < 4.78 is 17.8. The maximum absolute atomic E-state index is 12.8. The number of rotatable bonds is 3. The Labute approximate surface area is 97.9 Å². The number of pyridine rings is 1. The van der Waals surface area contributed by atoms with Gasteiger partial charge in [-0.2, -0.15) is 4.39 Å². The highest BCUT2D eigenvalue weighted by atomic mass is 19.1. The highest BCUT2D eigenvalue weighted by Gasteiger charge is 2.06. The van der Waals surface area contributed by atoms with Crippen molar-refractivity contribution in [2.75, 3.05) is 0 Å². The van der Waals surface area contributed by atoms with Crippen LogP contribution in [0.4, 0.5) is 4.39 Å². The summed E-state index contributed by atoms with van der Waals surface area (Å²) in [7, 11) is 0. The van der Waals surface area contributed by atoms with Gasteiger partial charge in [0.05, 0.1) is 5.56 Å². The van der Waals surface area contributed by atoms with Crippen LogP contribution in [0.15, 0.2) is 48.7 Å². The van der Waals surface area contributed by atoms with Crippen LogP contribution in [0.2, 0.25) is 0 Å². The van der Waals surface area contributed by atoms with E-state index in [4.69, 9.17) is 4.74 Å². The van der Waals surface area contributed by atoms with E-state index in [9.17, 15) is 9.18 Å². The van der Waals surface area contributed by atoms with Crippen LogP contribution in [-0.4, -0.2) is 11.0 Å². The number of carbonyl (C=O) groups is 1. The first-order valence-electron chi connectivity index (χ1n) is 5.08. The van der Waals surface area contributed by atoms with Gasteiger partial charge in [-0.1, -0.05) is 18.2 Å². The molecule has 17 heavy (non-hydrogen) atoms. The lowest BCUT2D eigenvalue weighted by Crippen LogP contribution is -2.05. The second-order valence-electron chi connectivity index (χ2n) is 3.43. The lowest BCUT2D eigenvalue weighted by molar-refractivity contribution is 0.0472. The smallest absolute Gasteiger partial charge is 0.338 e. The van der Waals surface area contributed by atoms with Gasteiger partial charge in [-0.05, 0) is 29.8 Å². The number of halogens is 1. The highest BCUT2D eigenvalue weighted by molar-refractivity contribution is 5.89. The Morgan fingerprint density at radius 1 is 1.24 bits per heavy atom. The second-order valence-corrected chi connectivity index (χ2v) is 3.43. The molecule has 0 N–H and O–H groups in total. The molecular weight excluding hydrogens is 221 g/mol. The lowest BCUT2D eigenvalue weighted by atomic mass is 10.2. The fourth-order valence-electron chi connectivity index (χ4n) is 1.34. The number of ether oxygens (including phenoxy) is 1. The molecule has 0 unspecified atom stereocenters. The second kappa shape index (κ2) is 5.21. The zero-order valence-electron chi connectivity index (χ0n) is 8.97. The van der Waals surface area contributed by atoms with E-state index in [-0.39, 0.29) is 6.61 Å². The molecule has 1 aromatic heterocycles. The predicted molar refractivity (Wildman–Crippen MR) is 59.8 cm³/mol. The Balaban J connectivity index is 1.97. The van der Waals surface area contributed by atoms with Gasteiger partial charge in [-0.3, -0.25) is 0 Å². The summed E-state index contributed by atoms with van der Waals surface area (Å²) >= 11 is 0. The largest absolute Gasteiger partial charge is 0.457 e. The maximum Gasteiger partial charge on any atom is 0.338 e. The standard InChI is InChI=1S/C13H10FNO2/c14-12-8-10(6-7-15-12)9-17-13(16)11-4-2-1-3-5-11/h1-8H,9H2. The van der Waals surface area contributed by atoms with Gasteiger partial charge in [0.25, 0.3) is 0 Å². The molecule has 0 saturated heterocycles.